The highest BCUT2D eigenvalue weighted by atomic mass is 16.5. The van der Waals surface area contributed by atoms with E-state index in [1.807, 2.05) is 0 Å². The number of hydrogen-bond donors (Lipinski definition) is 0. The molecule has 0 aromatic carbocycles. The van der Waals surface area contributed by atoms with Crippen LogP contribution in [0.5, 0.6) is 0 Å². The summed E-state index contributed by atoms with van der Waals surface area (Å²) < 4.78 is 4.73. The van der Waals surface area contributed by atoms with Crippen molar-refractivity contribution >= 4 is 11.9 Å². The Kier molecular flexibility index (Phi) is 3.84. The van der Waals surface area contributed by atoms with Crippen molar-refractivity contribution in [3.63, 3.8) is 0 Å². The van der Waals surface area contributed by atoms with Gasteiger partial charge in [-0.1, -0.05) is 19.4 Å². The highest BCUT2D eigenvalue weighted by Gasteiger charge is 2.39. The summed E-state index contributed by atoms with van der Waals surface area (Å²) in [4.78, 5) is 25.8. The molecule has 0 bridgehead atoms. The molecule has 0 saturated heterocycles. The first-order chi connectivity index (χ1) is 8.70. The zero-order chi connectivity index (χ0) is 13.1. The van der Waals surface area contributed by atoms with Crippen molar-refractivity contribution < 1.29 is 14.3 Å². The molecule has 2 aliphatic rings. The molecule has 0 unspecified atom stereocenters. The Morgan fingerprint density at radius 1 is 1.50 bits per heavy atom. The van der Waals surface area contributed by atoms with E-state index >= 15 is 0 Å². The van der Waals surface area contributed by atoms with Crippen LogP contribution < -0.4 is 0 Å². The van der Waals surface area contributed by atoms with Crippen molar-refractivity contribution in [1.82, 2.24) is 4.90 Å². The lowest BCUT2D eigenvalue weighted by molar-refractivity contribution is -0.139. The molecule has 0 saturated carbocycles. The molecule has 0 aromatic heterocycles. The fourth-order valence-electron chi connectivity index (χ4n) is 2.52. The molecule has 0 aromatic rings. The van der Waals surface area contributed by atoms with E-state index in [4.69, 9.17) is 4.74 Å². The highest BCUT2D eigenvalue weighted by molar-refractivity contribution is 6.20. The fraction of sp³-hybridized carbons (Fsp3) is 0.571. The topological polar surface area (TPSA) is 46.6 Å². The van der Waals surface area contributed by atoms with Gasteiger partial charge >= 0.3 is 5.97 Å². The number of methoxy groups -OCH3 is 1. The van der Waals surface area contributed by atoms with Crippen LogP contribution in [0, 0.1) is 0 Å². The number of carbonyl (C=O) groups excluding carboxylic acids is 2. The molecule has 1 aliphatic heterocycles. The molecule has 0 radical (unpaired) electrons. The number of allylic oxidation sites excluding steroid dienone is 2. The van der Waals surface area contributed by atoms with Crippen molar-refractivity contribution in [1.29, 1.82) is 0 Å². The quantitative estimate of drug-likeness (QED) is 0.566. The predicted molar refractivity (Wildman–Crippen MR) is 67.6 cm³/mol. The lowest BCUT2D eigenvalue weighted by atomic mass is 9.96. The Balaban J connectivity index is 2.34. The first kappa shape index (κ1) is 12.9. The summed E-state index contributed by atoms with van der Waals surface area (Å²) in [5.41, 5.74) is 2.08. The van der Waals surface area contributed by atoms with E-state index in [1.54, 1.807) is 4.90 Å². The first-order valence-corrected chi connectivity index (χ1v) is 6.54. The molecule has 0 atom stereocenters. The molecule has 0 spiro atoms. The van der Waals surface area contributed by atoms with Gasteiger partial charge in [-0.2, -0.15) is 0 Å². The van der Waals surface area contributed by atoms with Gasteiger partial charge in [-0.15, -0.1) is 0 Å². The highest BCUT2D eigenvalue weighted by Crippen LogP contribution is 2.37. The van der Waals surface area contributed by atoms with E-state index in [1.165, 1.54) is 7.11 Å². The number of esters is 1. The Bertz CT molecular complexity index is 434. The number of fused-ring (bicyclic) bond motifs is 1. The molecular formula is C14H19NO3. The van der Waals surface area contributed by atoms with Crippen LogP contribution >= 0.6 is 0 Å². The summed E-state index contributed by atoms with van der Waals surface area (Å²) in [6, 6.07) is 0. The molecule has 98 valence electrons. The van der Waals surface area contributed by atoms with Gasteiger partial charge in [0.25, 0.3) is 5.91 Å². The maximum Gasteiger partial charge on any atom is 0.343 e. The van der Waals surface area contributed by atoms with Crippen LogP contribution in [-0.2, 0) is 14.3 Å². The van der Waals surface area contributed by atoms with E-state index < -0.39 is 5.97 Å². The molecule has 0 fully saturated rings. The smallest absolute Gasteiger partial charge is 0.343 e. The SMILES string of the molecule is CCCCN1C(=O)C(C(=O)OC)=C2CCCC=C21. The van der Waals surface area contributed by atoms with Crippen molar-refractivity contribution in [2.75, 3.05) is 13.7 Å². The van der Waals surface area contributed by atoms with Crippen molar-refractivity contribution in [2.24, 2.45) is 0 Å². The van der Waals surface area contributed by atoms with Crippen LogP contribution in [0.15, 0.2) is 22.9 Å². The van der Waals surface area contributed by atoms with Gasteiger partial charge in [0.1, 0.15) is 5.57 Å². The van der Waals surface area contributed by atoms with Crippen molar-refractivity contribution in [3.05, 3.63) is 22.9 Å². The molecule has 2 rings (SSSR count). The Labute approximate surface area is 107 Å². The summed E-state index contributed by atoms with van der Waals surface area (Å²) in [5, 5.41) is 0. The lowest BCUT2D eigenvalue weighted by Gasteiger charge is -2.21. The first-order valence-electron chi connectivity index (χ1n) is 6.54. The van der Waals surface area contributed by atoms with Gasteiger partial charge in [-0.25, -0.2) is 4.79 Å². The van der Waals surface area contributed by atoms with Crippen molar-refractivity contribution in [2.45, 2.75) is 39.0 Å². The molecule has 4 nitrogen and oxygen atoms in total. The van der Waals surface area contributed by atoms with E-state index in [0.29, 0.717) is 6.54 Å². The number of hydrogen-bond acceptors (Lipinski definition) is 3. The summed E-state index contributed by atoms with van der Waals surface area (Å²) in [7, 11) is 1.32. The molecular weight excluding hydrogens is 230 g/mol. The summed E-state index contributed by atoms with van der Waals surface area (Å²) in [6.45, 7) is 2.77. The minimum absolute atomic E-state index is 0.182. The third-order valence-electron chi connectivity index (χ3n) is 3.45. The minimum Gasteiger partial charge on any atom is -0.465 e. The van der Waals surface area contributed by atoms with Crippen molar-refractivity contribution in [3.8, 4) is 0 Å². The number of nitrogens with zero attached hydrogens (tertiary/aromatic N) is 1. The summed E-state index contributed by atoms with van der Waals surface area (Å²) in [6.07, 6.45) is 6.81. The maximum atomic E-state index is 12.3. The number of unbranched alkanes of at least 4 members (excludes halogenated alkanes) is 1. The molecule has 1 amide bonds. The second-order valence-corrected chi connectivity index (χ2v) is 4.64. The summed E-state index contributed by atoms with van der Waals surface area (Å²) in [5.74, 6) is -0.680. The normalized spacial score (nSPS) is 18.9. The van der Waals surface area contributed by atoms with Crippen LogP contribution in [-0.4, -0.2) is 30.4 Å². The summed E-state index contributed by atoms with van der Waals surface area (Å²) >= 11 is 0. The van der Waals surface area contributed by atoms with E-state index in [0.717, 1.165) is 43.4 Å². The van der Waals surface area contributed by atoms with Gasteiger partial charge in [0.05, 0.1) is 7.11 Å². The zero-order valence-corrected chi connectivity index (χ0v) is 11.0. The monoisotopic (exact) mass is 249 g/mol. The van der Waals surface area contributed by atoms with Gasteiger partial charge < -0.3 is 9.64 Å². The van der Waals surface area contributed by atoms with E-state index in [-0.39, 0.29) is 11.5 Å². The van der Waals surface area contributed by atoms with E-state index in [9.17, 15) is 9.59 Å². The van der Waals surface area contributed by atoms with E-state index in [2.05, 4.69) is 13.0 Å². The van der Waals surface area contributed by atoms with Crippen LogP contribution in [0.25, 0.3) is 0 Å². The van der Waals surface area contributed by atoms with Crippen LogP contribution in [0.3, 0.4) is 0 Å². The van der Waals surface area contributed by atoms with Gasteiger partial charge in [0.15, 0.2) is 0 Å². The lowest BCUT2D eigenvalue weighted by Crippen LogP contribution is -2.29. The second-order valence-electron chi connectivity index (χ2n) is 4.64. The van der Waals surface area contributed by atoms with Gasteiger partial charge in [0.2, 0.25) is 0 Å². The third kappa shape index (κ3) is 2.07. The van der Waals surface area contributed by atoms with Crippen LogP contribution in [0.4, 0.5) is 0 Å². The molecule has 4 heteroatoms. The number of amides is 1. The third-order valence-corrected chi connectivity index (χ3v) is 3.45. The average Bonchev–Trinajstić information content (AvgIpc) is 2.68. The molecule has 18 heavy (non-hydrogen) atoms. The predicted octanol–water partition coefficient (Wildman–Crippen LogP) is 2.17. The van der Waals surface area contributed by atoms with Gasteiger partial charge in [0, 0.05) is 12.2 Å². The molecule has 1 aliphatic carbocycles. The molecule has 1 heterocycles. The maximum absolute atomic E-state index is 12.3. The largest absolute Gasteiger partial charge is 0.465 e. The average molecular weight is 249 g/mol. The van der Waals surface area contributed by atoms with Crippen LogP contribution in [0.1, 0.15) is 39.0 Å². The Hall–Kier alpha value is -1.58. The van der Waals surface area contributed by atoms with Gasteiger partial charge in [-0.05, 0) is 31.3 Å². The number of ether oxygens (including phenoxy) is 1. The fourth-order valence-corrected chi connectivity index (χ4v) is 2.52. The number of rotatable bonds is 4. The van der Waals surface area contributed by atoms with Gasteiger partial charge in [-0.3, -0.25) is 4.79 Å². The number of carbonyl (C=O) groups is 2. The standard InChI is InChI=1S/C14H19NO3/c1-3-4-9-15-11-8-6-5-7-10(11)12(13(15)16)14(17)18-2/h8H,3-7,9H2,1-2H3. The Morgan fingerprint density at radius 2 is 2.28 bits per heavy atom. The minimum atomic E-state index is -0.498. The Morgan fingerprint density at radius 3 is 2.94 bits per heavy atom. The van der Waals surface area contributed by atoms with Crippen LogP contribution in [0.2, 0.25) is 0 Å². The zero-order valence-electron chi connectivity index (χ0n) is 11.0. The second kappa shape index (κ2) is 5.38. The molecule has 0 N–H and O–H groups in total.